The quantitative estimate of drug-likeness (QED) is 0.812. The van der Waals surface area contributed by atoms with E-state index < -0.39 is 5.60 Å². The number of likely N-dealkylation sites (tertiary alicyclic amines) is 1. The fraction of sp³-hybridized carbons (Fsp3) is 0.562. The van der Waals surface area contributed by atoms with Crippen LogP contribution in [-0.4, -0.2) is 44.2 Å². The Morgan fingerprint density at radius 3 is 3.00 bits per heavy atom. The van der Waals surface area contributed by atoms with Crippen molar-refractivity contribution in [3.8, 4) is 0 Å². The van der Waals surface area contributed by atoms with E-state index in [2.05, 4.69) is 14.5 Å². The van der Waals surface area contributed by atoms with Crippen LogP contribution in [0.25, 0.3) is 11.0 Å². The van der Waals surface area contributed by atoms with Gasteiger partial charge in [-0.1, -0.05) is 0 Å². The van der Waals surface area contributed by atoms with Crippen LogP contribution in [-0.2, 0) is 4.74 Å². The third-order valence-corrected chi connectivity index (χ3v) is 3.82. The number of rotatable bonds is 1. The van der Waals surface area contributed by atoms with Crippen molar-refractivity contribution >= 4 is 17.1 Å². The summed E-state index contributed by atoms with van der Waals surface area (Å²) in [5, 5.41) is 0. The first-order chi connectivity index (χ1) is 10.4. The van der Waals surface area contributed by atoms with Crippen LogP contribution in [0.3, 0.4) is 0 Å². The summed E-state index contributed by atoms with van der Waals surface area (Å²) in [6.45, 7) is 7.07. The predicted molar refractivity (Wildman–Crippen MR) is 83.6 cm³/mol. The minimum absolute atomic E-state index is 0.218. The topological polar surface area (TPSA) is 60.2 Å². The highest BCUT2D eigenvalue weighted by Crippen LogP contribution is 2.26. The van der Waals surface area contributed by atoms with Crippen LogP contribution in [0, 0.1) is 0 Å². The molecular formula is C16H22N4O2. The lowest BCUT2D eigenvalue weighted by Crippen LogP contribution is -2.43. The molecule has 6 heteroatoms. The molecule has 2 aromatic heterocycles. The highest BCUT2D eigenvalue weighted by Gasteiger charge is 2.28. The summed E-state index contributed by atoms with van der Waals surface area (Å²) in [4.78, 5) is 22.6. The number of imidazole rings is 1. The Morgan fingerprint density at radius 1 is 1.41 bits per heavy atom. The monoisotopic (exact) mass is 302 g/mol. The highest BCUT2D eigenvalue weighted by atomic mass is 16.6. The zero-order valence-corrected chi connectivity index (χ0v) is 13.3. The average molecular weight is 302 g/mol. The maximum atomic E-state index is 12.3. The fourth-order valence-corrected chi connectivity index (χ4v) is 2.84. The van der Waals surface area contributed by atoms with E-state index in [0.717, 1.165) is 30.4 Å². The molecular weight excluding hydrogens is 280 g/mol. The standard InChI is InChI=1S/C16H22N4O2/c1-16(2,3)22-15(21)19-8-4-5-12(10-19)20-11-18-13-6-7-17-9-14(13)20/h6-7,9,11-12H,4-5,8,10H2,1-3H3. The molecule has 1 saturated heterocycles. The number of aromatic nitrogens is 3. The summed E-state index contributed by atoms with van der Waals surface area (Å²) in [5.74, 6) is 0. The first-order valence-electron chi connectivity index (χ1n) is 7.68. The van der Waals surface area contributed by atoms with Crippen LogP contribution in [0.15, 0.2) is 24.8 Å². The number of carbonyl (C=O) groups is 1. The summed E-state index contributed by atoms with van der Waals surface area (Å²) in [5.41, 5.74) is 1.48. The molecule has 1 aliphatic heterocycles. The minimum atomic E-state index is -0.463. The van der Waals surface area contributed by atoms with Crippen molar-refractivity contribution in [2.45, 2.75) is 45.3 Å². The highest BCUT2D eigenvalue weighted by molar-refractivity contribution is 5.74. The van der Waals surface area contributed by atoms with Crippen molar-refractivity contribution in [2.24, 2.45) is 0 Å². The number of fused-ring (bicyclic) bond motifs is 1. The lowest BCUT2D eigenvalue weighted by Gasteiger charge is -2.34. The van der Waals surface area contributed by atoms with E-state index in [9.17, 15) is 4.79 Å². The van der Waals surface area contributed by atoms with Gasteiger partial charge in [-0.25, -0.2) is 9.78 Å². The minimum Gasteiger partial charge on any atom is -0.444 e. The maximum absolute atomic E-state index is 12.3. The summed E-state index contributed by atoms with van der Waals surface area (Å²) in [6.07, 6.45) is 7.17. The van der Waals surface area contributed by atoms with Gasteiger partial charge in [0.05, 0.1) is 29.6 Å². The van der Waals surface area contributed by atoms with Crippen molar-refractivity contribution in [3.63, 3.8) is 0 Å². The first kappa shape index (κ1) is 14.8. The molecule has 1 unspecified atom stereocenters. The summed E-state index contributed by atoms with van der Waals surface area (Å²) < 4.78 is 7.60. The van der Waals surface area contributed by atoms with Gasteiger partial charge in [-0.3, -0.25) is 4.98 Å². The zero-order valence-electron chi connectivity index (χ0n) is 13.3. The Bertz CT molecular complexity index is 674. The first-order valence-corrected chi connectivity index (χ1v) is 7.68. The SMILES string of the molecule is CC(C)(C)OC(=O)N1CCCC(n2cnc3ccncc32)C1. The van der Waals surface area contributed by atoms with Crippen molar-refractivity contribution in [2.75, 3.05) is 13.1 Å². The third kappa shape index (κ3) is 3.05. The smallest absolute Gasteiger partial charge is 0.410 e. The molecule has 0 bridgehead atoms. The number of hydrogen-bond acceptors (Lipinski definition) is 4. The molecule has 1 aliphatic rings. The van der Waals surface area contributed by atoms with Gasteiger partial charge in [-0.2, -0.15) is 0 Å². The second-order valence-corrected chi connectivity index (χ2v) is 6.74. The molecule has 0 aliphatic carbocycles. The number of hydrogen-bond donors (Lipinski definition) is 0. The third-order valence-electron chi connectivity index (χ3n) is 3.82. The van der Waals surface area contributed by atoms with Crippen LogP contribution in [0.2, 0.25) is 0 Å². The van der Waals surface area contributed by atoms with Gasteiger partial charge in [-0.15, -0.1) is 0 Å². The van der Waals surface area contributed by atoms with E-state index in [0.29, 0.717) is 6.54 Å². The molecule has 2 aromatic rings. The van der Waals surface area contributed by atoms with Crippen LogP contribution in [0.1, 0.15) is 39.7 Å². The van der Waals surface area contributed by atoms with Crippen LogP contribution in [0.4, 0.5) is 4.79 Å². The maximum Gasteiger partial charge on any atom is 0.410 e. The second-order valence-electron chi connectivity index (χ2n) is 6.74. The molecule has 0 saturated carbocycles. The molecule has 1 fully saturated rings. The Morgan fingerprint density at radius 2 is 2.23 bits per heavy atom. The Balaban J connectivity index is 1.77. The molecule has 1 amide bonds. The van der Waals surface area contributed by atoms with Gasteiger partial charge in [0.1, 0.15) is 5.60 Å². The largest absolute Gasteiger partial charge is 0.444 e. The Hall–Kier alpha value is -2.11. The normalized spacial score (nSPS) is 19.4. The van der Waals surface area contributed by atoms with Crippen molar-refractivity contribution in [1.82, 2.24) is 19.4 Å². The second kappa shape index (κ2) is 5.59. The number of pyridine rings is 1. The molecule has 0 spiro atoms. The zero-order chi connectivity index (χ0) is 15.7. The molecule has 0 N–H and O–H groups in total. The van der Waals surface area contributed by atoms with Crippen molar-refractivity contribution in [3.05, 3.63) is 24.8 Å². The van der Waals surface area contributed by atoms with Gasteiger partial charge < -0.3 is 14.2 Å². The number of carbonyl (C=O) groups excluding carboxylic acids is 1. The van der Waals surface area contributed by atoms with E-state index in [-0.39, 0.29) is 12.1 Å². The number of nitrogens with zero attached hydrogens (tertiary/aromatic N) is 4. The van der Waals surface area contributed by atoms with Crippen LogP contribution in [0.5, 0.6) is 0 Å². The summed E-state index contributed by atoms with van der Waals surface area (Å²) in [6, 6.07) is 2.12. The number of ether oxygens (including phenoxy) is 1. The van der Waals surface area contributed by atoms with Gasteiger partial charge in [-0.05, 0) is 39.7 Å². The van der Waals surface area contributed by atoms with E-state index >= 15 is 0 Å². The van der Waals surface area contributed by atoms with Gasteiger partial charge in [0.15, 0.2) is 0 Å². The van der Waals surface area contributed by atoms with E-state index in [1.807, 2.05) is 39.4 Å². The number of piperidine rings is 1. The van der Waals surface area contributed by atoms with Crippen LogP contribution >= 0.6 is 0 Å². The summed E-state index contributed by atoms with van der Waals surface area (Å²) in [7, 11) is 0. The summed E-state index contributed by atoms with van der Waals surface area (Å²) >= 11 is 0. The lowest BCUT2D eigenvalue weighted by molar-refractivity contribution is 0.0174. The van der Waals surface area contributed by atoms with Gasteiger partial charge in [0.25, 0.3) is 0 Å². The molecule has 3 rings (SSSR count). The molecule has 6 nitrogen and oxygen atoms in total. The molecule has 22 heavy (non-hydrogen) atoms. The van der Waals surface area contributed by atoms with E-state index in [1.165, 1.54) is 0 Å². The molecule has 118 valence electrons. The molecule has 0 aromatic carbocycles. The lowest BCUT2D eigenvalue weighted by atomic mass is 10.1. The van der Waals surface area contributed by atoms with Gasteiger partial charge in [0.2, 0.25) is 0 Å². The fourth-order valence-electron chi connectivity index (χ4n) is 2.84. The van der Waals surface area contributed by atoms with Crippen molar-refractivity contribution < 1.29 is 9.53 Å². The van der Waals surface area contributed by atoms with Crippen LogP contribution < -0.4 is 0 Å². The van der Waals surface area contributed by atoms with Gasteiger partial charge in [0, 0.05) is 19.3 Å². The molecule has 3 heterocycles. The molecule has 0 radical (unpaired) electrons. The predicted octanol–water partition coefficient (Wildman–Crippen LogP) is 3.00. The molecule has 1 atom stereocenters. The van der Waals surface area contributed by atoms with Crippen molar-refractivity contribution in [1.29, 1.82) is 0 Å². The number of amides is 1. The van der Waals surface area contributed by atoms with E-state index in [1.54, 1.807) is 11.1 Å². The van der Waals surface area contributed by atoms with E-state index in [4.69, 9.17) is 4.74 Å². The Kier molecular flexibility index (Phi) is 3.76. The van der Waals surface area contributed by atoms with Gasteiger partial charge >= 0.3 is 6.09 Å². The Labute approximate surface area is 130 Å². The average Bonchev–Trinajstić information content (AvgIpc) is 2.89.